The predicted octanol–water partition coefficient (Wildman–Crippen LogP) is 5.09. The molecule has 0 spiro atoms. The molecule has 0 bridgehead atoms. The van der Waals surface area contributed by atoms with Gasteiger partial charge in [-0.05, 0) is 38.7 Å². The van der Waals surface area contributed by atoms with Crippen LogP contribution in [0.5, 0.6) is 0 Å². The van der Waals surface area contributed by atoms with Crippen molar-refractivity contribution in [2.75, 3.05) is 5.75 Å². The molecule has 3 rings (SSSR count). The Balaban J connectivity index is 1.62. The zero-order valence-corrected chi connectivity index (χ0v) is 15.9. The Morgan fingerprint density at radius 1 is 1.26 bits per heavy atom. The van der Waals surface area contributed by atoms with Crippen LogP contribution in [0.4, 0.5) is 0 Å². The molecule has 0 saturated carbocycles. The van der Waals surface area contributed by atoms with Gasteiger partial charge >= 0.3 is 0 Å². The van der Waals surface area contributed by atoms with Crippen molar-refractivity contribution in [3.8, 4) is 0 Å². The molecule has 0 N–H and O–H groups in total. The summed E-state index contributed by atoms with van der Waals surface area (Å²) in [4.78, 5) is 4.21. The van der Waals surface area contributed by atoms with Gasteiger partial charge in [-0.15, -0.1) is 23.5 Å². The van der Waals surface area contributed by atoms with E-state index in [1.54, 1.807) is 0 Å². The average molecular weight is 347 g/mol. The topological polar surface area (TPSA) is 17.8 Å². The highest BCUT2D eigenvalue weighted by molar-refractivity contribution is 8.21. The number of imidazole rings is 1. The molecule has 1 saturated heterocycles. The van der Waals surface area contributed by atoms with Gasteiger partial charge in [0.2, 0.25) is 0 Å². The first-order valence-electron chi connectivity index (χ1n) is 8.39. The second kappa shape index (κ2) is 7.35. The molecule has 2 atom stereocenters. The van der Waals surface area contributed by atoms with Gasteiger partial charge in [-0.1, -0.05) is 36.2 Å². The lowest BCUT2D eigenvalue weighted by Gasteiger charge is -2.28. The molecule has 2 nitrogen and oxygen atoms in total. The molecule has 2 heterocycles. The van der Waals surface area contributed by atoms with Crippen molar-refractivity contribution in [3.05, 3.63) is 53.6 Å². The summed E-state index contributed by atoms with van der Waals surface area (Å²) in [6, 6.07) is 6.94. The summed E-state index contributed by atoms with van der Waals surface area (Å²) in [5.74, 6) is 1.27. The summed E-state index contributed by atoms with van der Waals surface area (Å²) < 4.78 is 2.56. The second-order valence-corrected chi connectivity index (χ2v) is 10.2. The van der Waals surface area contributed by atoms with Gasteiger partial charge in [0.15, 0.2) is 0 Å². The van der Waals surface area contributed by atoms with Crippen molar-refractivity contribution in [3.63, 3.8) is 0 Å². The molecule has 2 aromatic rings. The van der Waals surface area contributed by atoms with E-state index >= 15 is 0 Å². The standard InChI is InChI=1S/C19H26N2S2/c1-15-9-16(2)11-18(10-15)5-4-6-19(22-12-17(3)23-19)13-21-8-7-20-14-21/h7-11,14,17H,4-6,12-13H2,1-3H3. The third-order valence-electron chi connectivity index (χ3n) is 4.28. The highest BCUT2D eigenvalue weighted by Gasteiger charge is 2.38. The van der Waals surface area contributed by atoms with Crippen LogP contribution in [0.2, 0.25) is 0 Å². The van der Waals surface area contributed by atoms with E-state index in [4.69, 9.17) is 0 Å². The van der Waals surface area contributed by atoms with Gasteiger partial charge in [0, 0.05) is 29.9 Å². The third kappa shape index (κ3) is 4.57. The molecule has 2 unspecified atom stereocenters. The lowest BCUT2D eigenvalue weighted by atomic mass is 10.0. The zero-order valence-electron chi connectivity index (χ0n) is 14.3. The number of aryl methyl sites for hydroxylation is 3. The quantitative estimate of drug-likeness (QED) is 0.726. The maximum atomic E-state index is 4.21. The van der Waals surface area contributed by atoms with Crippen LogP contribution in [0, 0.1) is 13.8 Å². The molecular formula is C19H26N2S2. The van der Waals surface area contributed by atoms with Crippen LogP contribution >= 0.6 is 23.5 Å². The number of aromatic nitrogens is 2. The fourth-order valence-electron chi connectivity index (χ4n) is 3.43. The SMILES string of the molecule is Cc1cc(C)cc(CCCC2(Cn3ccnc3)SCC(C)S2)c1. The van der Waals surface area contributed by atoms with Crippen molar-refractivity contribution >= 4 is 23.5 Å². The summed E-state index contributed by atoms with van der Waals surface area (Å²) >= 11 is 4.32. The smallest absolute Gasteiger partial charge is 0.0946 e. The molecule has 1 aliphatic heterocycles. The van der Waals surface area contributed by atoms with Gasteiger partial charge < -0.3 is 4.57 Å². The summed E-state index contributed by atoms with van der Waals surface area (Å²) in [6.45, 7) is 7.82. The molecule has 4 heteroatoms. The van der Waals surface area contributed by atoms with E-state index in [9.17, 15) is 0 Å². The summed E-state index contributed by atoms with van der Waals surface area (Å²) in [7, 11) is 0. The number of rotatable bonds is 6. The van der Waals surface area contributed by atoms with E-state index in [-0.39, 0.29) is 0 Å². The van der Waals surface area contributed by atoms with Gasteiger partial charge in [-0.3, -0.25) is 0 Å². The van der Waals surface area contributed by atoms with Gasteiger partial charge in [0.05, 0.1) is 10.4 Å². The van der Waals surface area contributed by atoms with Crippen LogP contribution in [0.1, 0.15) is 36.5 Å². The molecule has 0 aliphatic carbocycles. The van der Waals surface area contributed by atoms with E-state index in [0.717, 1.165) is 11.8 Å². The molecule has 1 aromatic carbocycles. The van der Waals surface area contributed by atoms with Crippen molar-refractivity contribution in [1.82, 2.24) is 9.55 Å². The monoisotopic (exact) mass is 346 g/mol. The van der Waals surface area contributed by atoms with Crippen LogP contribution in [-0.2, 0) is 13.0 Å². The Hall–Kier alpha value is -0.870. The number of hydrogen-bond acceptors (Lipinski definition) is 3. The van der Waals surface area contributed by atoms with Crippen molar-refractivity contribution < 1.29 is 0 Å². The minimum atomic E-state index is 0.318. The van der Waals surface area contributed by atoms with Crippen molar-refractivity contribution in [2.24, 2.45) is 0 Å². The number of hydrogen-bond donors (Lipinski definition) is 0. The van der Waals surface area contributed by atoms with E-state index < -0.39 is 0 Å². The Kier molecular flexibility index (Phi) is 5.42. The van der Waals surface area contributed by atoms with Gasteiger partial charge in [-0.2, -0.15) is 0 Å². The first-order chi connectivity index (χ1) is 11.0. The minimum absolute atomic E-state index is 0.318. The summed E-state index contributed by atoms with van der Waals surface area (Å²) in [6.07, 6.45) is 9.63. The second-order valence-electron chi connectivity index (χ2n) is 6.73. The largest absolute Gasteiger partial charge is 0.335 e. The third-order valence-corrected chi connectivity index (χ3v) is 8.00. The van der Waals surface area contributed by atoms with Gasteiger partial charge in [-0.25, -0.2) is 4.98 Å². The molecule has 23 heavy (non-hydrogen) atoms. The maximum absolute atomic E-state index is 4.21. The van der Waals surface area contributed by atoms with Gasteiger partial charge in [0.25, 0.3) is 0 Å². The lowest BCUT2D eigenvalue weighted by molar-refractivity contribution is 0.571. The highest BCUT2D eigenvalue weighted by Crippen LogP contribution is 2.51. The van der Waals surface area contributed by atoms with Crippen LogP contribution in [0.25, 0.3) is 0 Å². The Labute approximate surface area is 148 Å². The molecule has 124 valence electrons. The molecule has 1 fully saturated rings. The van der Waals surface area contributed by atoms with E-state index in [1.165, 1.54) is 41.7 Å². The number of thioether (sulfide) groups is 2. The van der Waals surface area contributed by atoms with Crippen LogP contribution < -0.4 is 0 Å². The fourth-order valence-corrected chi connectivity index (χ4v) is 7.16. The van der Waals surface area contributed by atoms with Gasteiger partial charge in [0.1, 0.15) is 0 Å². The maximum Gasteiger partial charge on any atom is 0.0946 e. The van der Waals surface area contributed by atoms with E-state index in [1.807, 2.05) is 12.5 Å². The van der Waals surface area contributed by atoms with Crippen molar-refractivity contribution in [1.29, 1.82) is 0 Å². The Morgan fingerprint density at radius 3 is 2.65 bits per heavy atom. The Bertz CT molecular complexity index is 619. The highest BCUT2D eigenvalue weighted by atomic mass is 32.2. The molecular weight excluding hydrogens is 320 g/mol. The molecule has 1 aliphatic rings. The molecule has 1 aromatic heterocycles. The first-order valence-corrected chi connectivity index (χ1v) is 10.3. The van der Waals surface area contributed by atoms with E-state index in [2.05, 4.69) is 78.2 Å². The predicted molar refractivity (Wildman–Crippen MR) is 103 cm³/mol. The first kappa shape index (κ1) is 17.0. The lowest BCUT2D eigenvalue weighted by Crippen LogP contribution is -2.24. The molecule has 0 amide bonds. The average Bonchev–Trinajstić information content (AvgIpc) is 3.09. The van der Waals surface area contributed by atoms with Crippen molar-refractivity contribution in [2.45, 2.75) is 55.9 Å². The minimum Gasteiger partial charge on any atom is -0.335 e. The number of nitrogens with zero attached hydrogens (tertiary/aromatic N) is 2. The summed E-state index contributed by atoms with van der Waals surface area (Å²) in [5, 5.41) is 0.754. The summed E-state index contributed by atoms with van der Waals surface area (Å²) in [5.41, 5.74) is 4.25. The fraction of sp³-hybridized carbons (Fsp3) is 0.526. The van der Waals surface area contributed by atoms with Crippen LogP contribution in [0.15, 0.2) is 36.9 Å². The normalized spacial score (nSPS) is 24.2. The van der Waals surface area contributed by atoms with E-state index in [0.29, 0.717) is 4.08 Å². The molecule has 0 radical (unpaired) electrons. The Morgan fingerprint density at radius 2 is 2.04 bits per heavy atom. The van der Waals surface area contributed by atoms with Crippen LogP contribution in [-0.4, -0.2) is 24.6 Å². The number of benzene rings is 1. The zero-order chi connectivity index (χ0) is 16.3. The van der Waals surface area contributed by atoms with Crippen LogP contribution in [0.3, 0.4) is 0 Å².